The first kappa shape index (κ1) is 107. The number of halogens is 12. The van der Waals surface area contributed by atoms with Crippen molar-refractivity contribution in [1.29, 1.82) is 0 Å². The van der Waals surface area contributed by atoms with E-state index in [1.54, 1.807) is 22.6 Å². The van der Waals surface area contributed by atoms with Gasteiger partial charge in [0.15, 0.2) is 69.0 Å². The summed E-state index contributed by atoms with van der Waals surface area (Å²) < 4.78 is 128. The number of pyridine rings is 6. The van der Waals surface area contributed by atoms with Crippen LogP contribution in [0.25, 0.3) is 0 Å². The molecule has 6 aromatic rings. The van der Waals surface area contributed by atoms with Crippen LogP contribution in [0.1, 0.15) is 223 Å². The van der Waals surface area contributed by atoms with E-state index in [9.17, 15) is 74.3 Å². The summed E-state index contributed by atoms with van der Waals surface area (Å²) >= 11 is 19.7. The van der Waals surface area contributed by atoms with E-state index in [0.717, 1.165) is 29.5 Å². The number of rotatable bonds is 36. The van der Waals surface area contributed by atoms with E-state index in [1.165, 1.54) is 54.8 Å². The number of likely N-dealkylation sites (N-methyl/N-ethyl adjacent to an activating group) is 1. The van der Waals surface area contributed by atoms with E-state index in [-0.39, 0.29) is 142 Å². The lowest BCUT2D eigenvalue weighted by molar-refractivity contribution is -0.134. The quantitative estimate of drug-likeness (QED) is 0.00921. The van der Waals surface area contributed by atoms with Crippen molar-refractivity contribution in [3.63, 3.8) is 0 Å². The number of alkyl halides is 7. The third-order valence-electron chi connectivity index (χ3n) is 18.9. The van der Waals surface area contributed by atoms with Crippen LogP contribution in [-0.2, 0) is 49.3 Å². The van der Waals surface area contributed by atoms with Crippen LogP contribution in [0.4, 0.5) is 26.3 Å². The Balaban J connectivity index is 0.000000378. The number of esters is 1. The number of nitrogens with zero attached hydrogens (tertiary/aromatic N) is 5. The van der Waals surface area contributed by atoms with Crippen molar-refractivity contribution in [3.8, 4) is 34.5 Å². The van der Waals surface area contributed by atoms with Gasteiger partial charge in [-0.25, -0.2) is 14.8 Å². The lowest BCUT2D eigenvalue weighted by atomic mass is 9.89. The standard InChI is InChI=1S/C17H21Br2F2NO4.C17H23F2NO4.C16H19BrF2N2O4.C11H14BrNO2.C10H12BrNO3.C9H10BrNO3.CH4/c1-3-4-11(23)13-15(25-2)14(24)12(19)10-5-6-17(9-18,22(10)13)7-8-26-16(20)21;1-4-5-13(21)15-16(23-3)14(22)10-12(20-15)7-6-11(2)8-9-24-17(18)19;1-3-20-8-16(6-7-25-15(18)19)5-4-9-10(17)12(22)13(24-2)11(14(20)23)21(9)16;1-4-5-8(14)10-11(15-3)7(2)6-9(12)13-10;1-3-4-6(13)9-10(15-2)7(14)5-8(11)12-9;1-5-4-6(10)11-7(8(5)13-2)9(12)14-3;/h16H,3-9H2,1-2H3;10,17H,2,4-9H2,1,3H3,(H,20,22);15H,3-8H2,1-2H3;6H,4-5H2,1-3H3;5H,3-4H2,1-2H3,(H,12,14);4H,1-3H3;1H4. The highest BCUT2D eigenvalue weighted by Gasteiger charge is 2.50. The molecule has 0 aromatic carbocycles. The minimum atomic E-state index is -2.85. The van der Waals surface area contributed by atoms with E-state index < -0.39 is 36.9 Å². The number of nitrogens with one attached hydrogen (secondary N) is 2. The van der Waals surface area contributed by atoms with Crippen LogP contribution in [0.5, 0.6) is 34.5 Å². The second kappa shape index (κ2) is 51.6. The predicted molar refractivity (Wildman–Crippen MR) is 461 cm³/mol. The largest absolute Gasteiger partial charge is 0.494 e. The fourth-order valence-electron chi connectivity index (χ4n) is 13.3. The highest BCUT2D eigenvalue weighted by molar-refractivity contribution is 9.11. The number of hydrogen-bond acceptors (Lipinski definition) is 22. The van der Waals surface area contributed by atoms with Gasteiger partial charge in [0.05, 0.1) is 94.2 Å². The molecular formula is C81H103Br6F6N7O20. The van der Waals surface area contributed by atoms with Crippen LogP contribution in [0, 0.1) is 13.8 Å². The molecule has 2 unspecified atom stereocenters. The van der Waals surface area contributed by atoms with Crippen molar-refractivity contribution in [2.75, 3.05) is 88.0 Å². The minimum Gasteiger partial charge on any atom is -0.494 e. The van der Waals surface area contributed by atoms with Crippen LogP contribution >= 0.6 is 95.6 Å². The van der Waals surface area contributed by atoms with E-state index in [2.05, 4.69) is 141 Å². The van der Waals surface area contributed by atoms with Gasteiger partial charge >= 0.3 is 25.8 Å². The predicted octanol–water partition coefficient (Wildman–Crippen LogP) is 18.0. The van der Waals surface area contributed by atoms with Gasteiger partial charge < -0.3 is 71.4 Å². The molecule has 0 saturated heterocycles. The first-order valence-corrected chi connectivity index (χ1v) is 42.6. The number of hydrogen-bond donors (Lipinski definition) is 2. The molecule has 666 valence electrons. The number of Topliss-reactive ketones (excluding diaryl/α,β-unsaturated/α-hetero) is 4. The first-order valence-electron chi connectivity index (χ1n) is 37.5. The molecular weight excluding hydrogens is 1980 g/mol. The number of aromatic nitrogens is 6. The van der Waals surface area contributed by atoms with Crippen molar-refractivity contribution >= 4 is 131 Å². The first-order chi connectivity index (χ1) is 56.4. The summed E-state index contributed by atoms with van der Waals surface area (Å²) in [7, 11) is 9.77. The Morgan fingerprint density at radius 1 is 0.533 bits per heavy atom. The minimum absolute atomic E-state index is 0. The highest BCUT2D eigenvalue weighted by Crippen LogP contribution is 2.46. The lowest BCUT2D eigenvalue weighted by Gasteiger charge is -2.43. The van der Waals surface area contributed by atoms with Gasteiger partial charge in [0.25, 0.3) is 5.91 Å². The van der Waals surface area contributed by atoms with E-state index in [4.69, 9.17) is 28.4 Å². The Labute approximate surface area is 742 Å². The van der Waals surface area contributed by atoms with Crippen LogP contribution in [-0.4, -0.2) is 177 Å². The van der Waals surface area contributed by atoms with Gasteiger partial charge in [-0.3, -0.25) is 43.2 Å². The van der Waals surface area contributed by atoms with Gasteiger partial charge in [0.2, 0.25) is 21.7 Å². The molecule has 0 saturated carbocycles. The van der Waals surface area contributed by atoms with Crippen molar-refractivity contribution in [3.05, 3.63) is 162 Å². The van der Waals surface area contributed by atoms with Crippen molar-refractivity contribution in [2.24, 2.45) is 0 Å². The summed E-state index contributed by atoms with van der Waals surface area (Å²) in [5.41, 5.74) is 3.26. The Morgan fingerprint density at radius 3 is 1.46 bits per heavy atom. The molecule has 9 heterocycles. The van der Waals surface area contributed by atoms with Gasteiger partial charge in [-0.1, -0.05) is 63.2 Å². The molecule has 3 aliphatic rings. The maximum Gasteiger partial charge on any atom is 0.360 e. The van der Waals surface area contributed by atoms with Crippen molar-refractivity contribution < 1.29 is 102 Å². The molecule has 0 fully saturated rings. The molecule has 3 aliphatic heterocycles. The maximum atomic E-state index is 12.9. The second-order valence-corrected chi connectivity index (χ2v) is 31.5. The smallest absolute Gasteiger partial charge is 0.360 e. The van der Waals surface area contributed by atoms with Crippen molar-refractivity contribution in [1.82, 2.24) is 34.0 Å². The average molecular weight is 2090 g/mol. The van der Waals surface area contributed by atoms with Crippen molar-refractivity contribution in [2.45, 2.75) is 196 Å². The summed E-state index contributed by atoms with van der Waals surface area (Å²) in [6, 6.07) is 6.32. The van der Waals surface area contributed by atoms with E-state index in [0.29, 0.717) is 159 Å². The van der Waals surface area contributed by atoms with Crippen LogP contribution in [0.15, 0.2) is 78.4 Å². The maximum absolute atomic E-state index is 12.9. The Morgan fingerprint density at radius 2 is 0.975 bits per heavy atom. The number of fused-ring (bicyclic) bond motifs is 1. The molecule has 1 amide bonds. The lowest BCUT2D eigenvalue weighted by Crippen LogP contribution is -2.53. The van der Waals surface area contributed by atoms with Gasteiger partial charge in [-0.2, -0.15) is 26.3 Å². The highest BCUT2D eigenvalue weighted by atomic mass is 79.9. The number of aromatic amines is 2. The number of aryl methyl sites for hydroxylation is 3. The zero-order chi connectivity index (χ0) is 89.5. The zero-order valence-corrected chi connectivity index (χ0v) is 78.0. The molecule has 27 nitrogen and oxygen atoms in total. The average Bonchev–Trinajstić information content (AvgIpc) is 1.52. The molecule has 2 atom stereocenters. The molecule has 0 bridgehead atoms. The third kappa shape index (κ3) is 28.1. The number of amides is 1. The molecule has 6 aromatic heterocycles. The number of ketones is 4. The summed E-state index contributed by atoms with van der Waals surface area (Å²) in [6.45, 7) is 8.99. The molecule has 9 rings (SSSR count). The van der Waals surface area contributed by atoms with Crippen LogP contribution in [0.3, 0.4) is 0 Å². The van der Waals surface area contributed by atoms with Gasteiger partial charge in [0.1, 0.15) is 32.0 Å². The zero-order valence-electron chi connectivity index (χ0n) is 68.4. The van der Waals surface area contributed by atoms with Gasteiger partial charge in [0, 0.05) is 73.3 Å². The number of methoxy groups -OCH3 is 7. The normalized spacial score (nSPS) is 14.5. The molecule has 2 N–H and O–H groups in total. The molecule has 0 spiro atoms. The number of carbonyl (C=O) groups excluding carboxylic acids is 6. The number of H-pyrrole nitrogens is 2. The van der Waals surface area contributed by atoms with E-state index in [1.807, 2.05) is 59.1 Å². The SMILES string of the molecule is C.C=C(CCOC(F)F)CCc1cc(=O)c(OC)c(C(=O)CCC)[nH]1.CCCC(=O)c1[nH]c(Br)cc(=O)c1OC.CCCC(=O)c1c(OC)c(=O)c(Br)c2n1C(CBr)(CCOC(F)F)CC2.CCCC(=O)c1nc(Br)cc(C)c1OC.CCN1CC2(CCOC(F)F)CCc3c(Br)c(=O)c(OC)c(n32)C1=O.COC(=O)c1nc(Br)cc(C)c1OC. The van der Waals surface area contributed by atoms with Crippen LogP contribution < -0.4 is 50.1 Å². The monoisotopic (exact) mass is 2080 g/mol. The molecule has 120 heavy (non-hydrogen) atoms. The molecule has 0 radical (unpaired) electrons. The van der Waals surface area contributed by atoms with Gasteiger partial charge in [-0.15, -0.1) is 0 Å². The van der Waals surface area contributed by atoms with Gasteiger partial charge in [-0.05, 0) is 207 Å². The van der Waals surface area contributed by atoms with E-state index >= 15 is 0 Å². The number of carbonyl (C=O) groups is 6. The Kier molecular flexibility index (Phi) is 45.9. The molecule has 39 heteroatoms. The topological polar surface area (TPSA) is 333 Å². The van der Waals surface area contributed by atoms with Crippen LogP contribution in [0.2, 0.25) is 0 Å². The summed E-state index contributed by atoms with van der Waals surface area (Å²) in [5, 5.41) is 0.435. The Bertz CT molecular complexity index is 4800. The third-order valence-corrected chi connectivity index (χ3v) is 22.8. The fraction of sp³-hybridized carbons (Fsp3) is 0.531. The number of ether oxygens (including phenoxy) is 10. The molecule has 0 aliphatic carbocycles. The summed E-state index contributed by atoms with van der Waals surface area (Å²) in [6.07, 6.45) is 8.52. The summed E-state index contributed by atoms with van der Waals surface area (Å²) in [5.74, 6) is -0.166. The fourth-order valence-corrected chi connectivity index (χ4v) is 16.7. The summed E-state index contributed by atoms with van der Waals surface area (Å²) in [4.78, 5) is 137. The Hall–Kier alpha value is -7.40. The second-order valence-electron chi connectivity index (χ2n) is 26.8.